The summed E-state index contributed by atoms with van der Waals surface area (Å²) < 4.78 is 34.1. The highest BCUT2D eigenvalue weighted by Gasteiger charge is 2.31. The highest BCUT2D eigenvalue weighted by molar-refractivity contribution is 5.94. The second-order valence-corrected chi connectivity index (χ2v) is 6.10. The fourth-order valence-electron chi connectivity index (χ4n) is 2.98. The van der Waals surface area contributed by atoms with Crippen LogP contribution in [-0.2, 0) is 17.7 Å². The Morgan fingerprint density at radius 2 is 1.96 bits per heavy atom. The van der Waals surface area contributed by atoms with Gasteiger partial charge in [0.2, 0.25) is 0 Å². The summed E-state index contributed by atoms with van der Waals surface area (Å²) in [6, 6.07) is 9.25. The first-order valence-electron chi connectivity index (χ1n) is 7.86. The number of alkyl halides is 2. The third-order valence-corrected chi connectivity index (χ3v) is 4.35. The number of halogens is 2. The number of aromatic nitrogens is 1. The van der Waals surface area contributed by atoms with Gasteiger partial charge in [-0.1, -0.05) is 12.1 Å². The number of benzene rings is 1. The summed E-state index contributed by atoms with van der Waals surface area (Å²) in [5.74, 6) is -3.08. The van der Waals surface area contributed by atoms with Crippen molar-refractivity contribution in [3.63, 3.8) is 0 Å². The van der Waals surface area contributed by atoms with Crippen LogP contribution in [0.15, 0.2) is 42.6 Å². The lowest BCUT2D eigenvalue weighted by Crippen LogP contribution is -2.44. The Labute approximate surface area is 139 Å². The monoisotopic (exact) mass is 334 g/mol. The molecule has 1 aromatic carbocycles. The van der Waals surface area contributed by atoms with Crippen LogP contribution in [0, 0.1) is 0 Å². The van der Waals surface area contributed by atoms with Crippen LogP contribution in [0.3, 0.4) is 0 Å². The van der Waals surface area contributed by atoms with Crippen LogP contribution in [0.1, 0.15) is 34.6 Å². The fourth-order valence-corrected chi connectivity index (χ4v) is 2.98. The first-order chi connectivity index (χ1) is 11.4. The van der Waals surface area contributed by atoms with Crippen molar-refractivity contribution in [2.75, 3.05) is 19.8 Å². The number of hydrogen-bond donors (Lipinski definition) is 0. The maximum absolute atomic E-state index is 13.3. The molecule has 6 heteroatoms. The van der Waals surface area contributed by atoms with Crippen molar-refractivity contribution in [1.82, 2.24) is 9.47 Å². The Morgan fingerprint density at radius 1 is 1.25 bits per heavy atom. The second-order valence-electron chi connectivity index (χ2n) is 6.10. The van der Waals surface area contributed by atoms with Gasteiger partial charge >= 0.3 is 0 Å². The molecule has 0 saturated carbocycles. The summed E-state index contributed by atoms with van der Waals surface area (Å²) >= 11 is 0. The number of nitrogens with zero attached hydrogens (tertiary/aromatic N) is 2. The summed E-state index contributed by atoms with van der Waals surface area (Å²) in [4.78, 5) is 14.6. The van der Waals surface area contributed by atoms with Gasteiger partial charge in [-0.25, -0.2) is 8.78 Å². The lowest BCUT2D eigenvalue weighted by Gasteiger charge is -2.36. The summed E-state index contributed by atoms with van der Waals surface area (Å²) in [5, 5.41) is 0. The van der Waals surface area contributed by atoms with Crippen molar-refractivity contribution in [3.8, 4) is 0 Å². The zero-order chi connectivity index (χ0) is 17.3. The van der Waals surface area contributed by atoms with Gasteiger partial charge in [-0.2, -0.15) is 0 Å². The van der Waals surface area contributed by atoms with E-state index in [1.807, 2.05) is 29.9 Å². The number of carbonyl (C=O) groups is 1. The molecular formula is C18H20F2N2O2. The number of carbonyl (C=O) groups excluding carboxylic acids is 1. The molecule has 0 bridgehead atoms. The molecule has 1 aromatic heterocycles. The van der Waals surface area contributed by atoms with Crippen molar-refractivity contribution in [2.24, 2.45) is 7.05 Å². The molecule has 0 N–H and O–H groups in total. The molecule has 1 aliphatic rings. The number of ether oxygens (including phenoxy) is 1. The number of aryl methyl sites for hydroxylation is 1. The van der Waals surface area contributed by atoms with Crippen LogP contribution in [0.25, 0.3) is 0 Å². The molecule has 0 spiro atoms. The van der Waals surface area contributed by atoms with Crippen LogP contribution in [0.4, 0.5) is 8.78 Å². The minimum atomic E-state index is -2.91. The molecule has 24 heavy (non-hydrogen) atoms. The maximum Gasteiger partial charge on any atom is 0.270 e. The van der Waals surface area contributed by atoms with Gasteiger partial charge in [-0.05, 0) is 24.3 Å². The van der Waals surface area contributed by atoms with Crippen LogP contribution in [0.5, 0.6) is 0 Å². The Bertz CT molecular complexity index is 719. The van der Waals surface area contributed by atoms with Gasteiger partial charge in [0.05, 0.1) is 19.3 Å². The SMILES string of the molecule is Cn1cccc1C1COCCN1C(=O)c1ccc(C(C)(F)F)cc1. The smallest absolute Gasteiger partial charge is 0.270 e. The summed E-state index contributed by atoms with van der Waals surface area (Å²) in [7, 11) is 1.92. The normalized spacial score (nSPS) is 18.7. The van der Waals surface area contributed by atoms with E-state index in [0.29, 0.717) is 25.3 Å². The number of amides is 1. The molecule has 1 aliphatic heterocycles. The van der Waals surface area contributed by atoms with E-state index in [-0.39, 0.29) is 17.5 Å². The van der Waals surface area contributed by atoms with Crippen LogP contribution in [0.2, 0.25) is 0 Å². The highest BCUT2D eigenvalue weighted by atomic mass is 19.3. The maximum atomic E-state index is 13.3. The van der Waals surface area contributed by atoms with Gasteiger partial charge in [0.1, 0.15) is 0 Å². The van der Waals surface area contributed by atoms with Gasteiger partial charge in [0, 0.05) is 43.5 Å². The quantitative estimate of drug-likeness (QED) is 0.863. The zero-order valence-electron chi connectivity index (χ0n) is 13.7. The molecule has 3 rings (SSSR count). The Hall–Kier alpha value is -2.21. The molecule has 1 fully saturated rings. The lowest BCUT2D eigenvalue weighted by atomic mass is 10.0. The predicted molar refractivity (Wildman–Crippen MR) is 86.0 cm³/mol. The van der Waals surface area contributed by atoms with Crippen molar-refractivity contribution < 1.29 is 18.3 Å². The lowest BCUT2D eigenvalue weighted by molar-refractivity contribution is -0.00469. The van der Waals surface area contributed by atoms with E-state index < -0.39 is 5.92 Å². The molecule has 1 saturated heterocycles. The van der Waals surface area contributed by atoms with E-state index in [1.165, 1.54) is 24.3 Å². The summed E-state index contributed by atoms with van der Waals surface area (Å²) in [6.07, 6.45) is 1.92. The second kappa shape index (κ2) is 6.36. The van der Waals surface area contributed by atoms with Crippen LogP contribution in [-0.4, -0.2) is 35.1 Å². The van der Waals surface area contributed by atoms with Gasteiger partial charge in [0.25, 0.3) is 11.8 Å². The molecular weight excluding hydrogens is 314 g/mol. The van der Waals surface area contributed by atoms with Crippen molar-refractivity contribution in [1.29, 1.82) is 0 Å². The van der Waals surface area contributed by atoms with E-state index in [2.05, 4.69) is 0 Å². The molecule has 2 aromatic rings. The van der Waals surface area contributed by atoms with E-state index in [9.17, 15) is 13.6 Å². The standard InChI is InChI=1S/C18H20F2N2O2/c1-18(19,20)14-7-5-13(6-8-14)17(23)22-10-11-24-12-16(22)15-4-3-9-21(15)2/h3-9,16H,10-12H2,1-2H3. The van der Waals surface area contributed by atoms with Crippen LogP contribution >= 0.6 is 0 Å². The topological polar surface area (TPSA) is 34.5 Å². The molecule has 1 atom stereocenters. The Morgan fingerprint density at radius 3 is 2.54 bits per heavy atom. The number of hydrogen-bond acceptors (Lipinski definition) is 2. The first kappa shape index (κ1) is 16.6. The summed E-state index contributed by atoms with van der Waals surface area (Å²) in [6.45, 7) is 2.21. The van der Waals surface area contributed by atoms with E-state index in [4.69, 9.17) is 4.74 Å². The number of morpholine rings is 1. The van der Waals surface area contributed by atoms with Gasteiger partial charge in [-0.3, -0.25) is 4.79 Å². The highest BCUT2D eigenvalue weighted by Crippen LogP contribution is 2.29. The molecule has 0 radical (unpaired) electrons. The molecule has 1 unspecified atom stereocenters. The fraction of sp³-hybridized carbons (Fsp3) is 0.389. The average Bonchev–Trinajstić information content (AvgIpc) is 2.99. The van der Waals surface area contributed by atoms with E-state index >= 15 is 0 Å². The van der Waals surface area contributed by atoms with Crippen molar-refractivity contribution >= 4 is 5.91 Å². The van der Waals surface area contributed by atoms with Crippen molar-refractivity contribution in [2.45, 2.75) is 18.9 Å². The van der Waals surface area contributed by atoms with E-state index in [1.54, 1.807) is 4.90 Å². The Balaban J connectivity index is 1.86. The average molecular weight is 334 g/mol. The van der Waals surface area contributed by atoms with Crippen molar-refractivity contribution in [3.05, 3.63) is 59.4 Å². The van der Waals surface area contributed by atoms with Crippen LogP contribution < -0.4 is 0 Å². The molecule has 2 heterocycles. The van der Waals surface area contributed by atoms with E-state index in [0.717, 1.165) is 12.6 Å². The molecule has 1 amide bonds. The molecule has 128 valence electrons. The number of rotatable bonds is 3. The third-order valence-electron chi connectivity index (χ3n) is 4.35. The minimum Gasteiger partial charge on any atom is -0.377 e. The van der Waals surface area contributed by atoms with Gasteiger partial charge in [-0.15, -0.1) is 0 Å². The molecule has 0 aliphatic carbocycles. The third kappa shape index (κ3) is 3.19. The first-order valence-corrected chi connectivity index (χ1v) is 7.86. The minimum absolute atomic E-state index is 0.0972. The zero-order valence-corrected chi connectivity index (χ0v) is 13.7. The largest absolute Gasteiger partial charge is 0.377 e. The summed E-state index contributed by atoms with van der Waals surface area (Å²) in [5.41, 5.74) is 1.30. The Kier molecular flexibility index (Phi) is 4.41. The van der Waals surface area contributed by atoms with Gasteiger partial charge < -0.3 is 14.2 Å². The molecule has 4 nitrogen and oxygen atoms in total. The predicted octanol–water partition coefficient (Wildman–Crippen LogP) is 3.35. The van der Waals surface area contributed by atoms with Gasteiger partial charge in [0.15, 0.2) is 0 Å².